The Morgan fingerprint density at radius 3 is 2.50 bits per heavy atom. The molecule has 2 heterocycles. The minimum atomic E-state index is 0.703. The van der Waals surface area contributed by atoms with E-state index in [1.54, 1.807) is 0 Å². The highest BCUT2D eigenvalue weighted by atomic mass is 15.2. The first-order valence-corrected chi connectivity index (χ1v) is 8.37. The zero-order valence-corrected chi connectivity index (χ0v) is 12.5. The number of likely N-dealkylation sites (tertiary alicyclic amines) is 1. The maximum atomic E-state index is 3.44. The molecule has 2 aliphatic heterocycles. The maximum absolute atomic E-state index is 3.44. The molecule has 0 bridgehead atoms. The van der Waals surface area contributed by atoms with Gasteiger partial charge in [0.1, 0.15) is 0 Å². The van der Waals surface area contributed by atoms with Crippen LogP contribution in [0.3, 0.4) is 0 Å². The van der Waals surface area contributed by atoms with Gasteiger partial charge in [-0.25, -0.2) is 0 Å². The molecule has 1 aromatic carbocycles. The molecule has 1 saturated heterocycles. The lowest BCUT2D eigenvalue weighted by molar-refractivity contribution is -0.0176. The molecule has 3 aliphatic rings. The fourth-order valence-electron chi connectivity index (χ4n) is 4.51. The Balaban J connectivity index is 1.37. The average molecular weight is 270 g/mol. The second-order valence-corrected chi connectivity index (χ2v) is 7.27. The van der Waals surface area contributed by atoms with Crippen LogP contribution in [0.5, 0.6) is 0 Å². The number of hydrogen-bond donors (Lipinski definition) is 1. The van der Waals surface area contributed by atoms with Gasteiger partial charge in [-0.2, -0.15) is 0 Å². The Kier molecular flexibility index (Phi) is 3.31. The SMILES string of the molecule is c1cc2c(cc1CN1CC3(CCCCCC3)C1)CNC2. The molecule has 0 atom stereocenters. The van der Waals surface area contributed by atoms with Gasteiger partial charge in [0.2, 0.25) is 0 Å². The van der Waals surface area contributed by atoms with E-state index in [1.165, 1.54) is 68.3 Å². The molecule has 2 nitrogen and oxygen atoms in total. The Labute approximate surface area is 122 Å². The minimum Gasteiger partial charge on any atom is -0.309 e. The van der Waals surface area contributed by atoms with E-state index >= 15 is 0 Å². The molecule has 1 N–H and O–H groups in total. The van der Waals surface area contributed by atoms with E-state index in [1.807, 2.05) is 0 Å². The normalized spacial score (nSPS) is 25.2. The van der Waals surface area contributed by atoms with Crippen molar-refractivity contribution < 1.29 is 0 Å². The van der Waals surface area contributed by atoms with Crippen LogP contribution in [0.1, 0.15) is 55.2 Å². The van der Waals surface area contributed by atoms with Crippen molar-refractivity contribution in [2.24, 2.45) is 5.41 Å². The predicted octanol–water partition coefficient (Wildman–Crippen LogP) is 3.45. The lowest BCUT2D eigenvalue weighted by Gasteiger charge is -2.50. The van der Waals surface area contributed by atoms with Crippen LogP contribution in [-0.4, -0.2) is 18.0 Å². The minimum absolute atomic E-state index is 0.703. The maximum Gasteiger partial charge on any atom is 0.0234 e. The van der Waals surface area contributed by atoms with Crippen LogP contribution in [0.25, 0.3) is 0 Å². The van der Waals surface area contributed by atoms with E-state index in [0.717, 1.165) is 19.6 Å². The van der Waals surface area contributed by atoms with Gasteiger partial charge in [-0.3, -0.25) is 4.90 Å². The van der Waals surface area contributed by atoms with Crippen molar-refractivity contribution in [3.05, 3.63) is 34.9 Å². The molecule has 2 fully saturated rings. The third-order valence-corrected chi connectivity index (χ3v) is 5.59. The fourth-order valence-corrected chi connectivity index (χ4v) is 4.51. The van der Waals surface area contributed by atoms with Gasteiger partial charge in [0.25, 0.3) is 0 Å². The summed E-state index contributed by atoms with van der Waals surface area (Å²) < 4.78 is 0. The largest absolute Gasteiger partial charge is 0.309 e. The molecule has 1 spiro atoms. The lowest BCUT2D eigenvalue weighted by atomic mass is 9.73. The summed E-state index contributed by atoms with van der Waals surface area (Å²) in [4.78, 5) is 2.66. The molecule has 4 rings (SSSR count). The van der Waals surface area contributed by atoms with Crippen LogP contribution in [0.4, 0.5) is 0 Å². The Morgan fingerprint density at radius 1 is 0.950 bits per heavy atom. The van der Waals surface area contributed by atoms with Crippen LogP contribution < -0.4 is 5.32 Å². The van der Waals surface area contributed by atoms with Crippen LogP contribution in [0, 0.1) is 5.41 Å². The first kappa shape index (κ1) is 12.8. The van der Waals surface area contributed by atoms with Gasteiger partial charge in [0, 0.05) is 32.7 Å². The van der Waals surface area contributed by atoms with Crippen LogP contribution >= 0.6 is 0 Å². The van der Waals surface area contributed by atoms with E-state index in [-0.39, 0.29) is 0 Å². The molecule has 2 heteroatoms. The topological polar surface area (TPSA) is 15.3 Å². The van der Waals surface area contributed by atoms with Crippen molar-refractivity contribution in [2.75, 3.05) is 13.1 Å². The number of hydrogen-bond acceptors (Lipinski definition) is 2. The van der Waals surface area contributed by atoms with Gasteiger partial charge >= 0.3 is 0 Å². The molecule has 0 radical (unpaired) electrons. The summed E-state index contributed by atoms with van der Waals surface area (Å²) in [5.41, 5.74) is 5.23. The molecule has 20 heavy (non-hydrogen) atoms. The lowest BCUT2D eigenvalue weighted by Crippen LogP contribution is -2.55. The first-order valence-electron chi connectivity index (χ1n) is 8.37. The quantitative estimate of drug-likeness (QED) is 0.885. The molecule has 1 aromatic rings. The highest BCUT2D eigenvalue weighted by molar-refractivity contribution is 5.34. The average Bonchev–Trinajstić information content (AvgIpc) is 2.74. The van der Waals surface area contributed by atoms with Crippen molar-refractivity contribution in [3.8, 4) is 0 Å². The molecule has 108 valence electrons. The van der Waals surface area contributed by atoms with E-state index < -0.39 is 0 Å². The molecular formula is C18H26N2. The van der Waals surface area contributed by atoms with E-state index in [9.17, 15) is 0 Å². The smallest absolute Gasteiger partial charge is 0.0234 e. The second-order valence-electron chi connectivity index (χ2n) is 7.27. The van der Waals surface area contributed by atoms with E-state index in [0.29, 0.717) is 5.41 Å². The summed E-state index contributed by atoms with van der Waals surface area (Å²) in [7, 11) is 0. The Morgan fingerprint density at radius 2 is 1.70 bits per heavy atom. The van der Waals surface area contributed by atoms with Crippen molar-refractivity contribution in [2.45, 2.75) is 58.2 Å². The van der Waals surface area contributed by atoms with E-state index in [4.69, 9.17) is 0 Å². The first-order chi connectivity index (χ1) is 9.83. The van der Waals surface area contributed by atoms with Gasteiger partial charge in [-0.05, 0) is 34.9 Å². The zero-order chi connectivity index (χ0) is 13.4. The van der Waals surface area contributed by atoms with E-state index in [2.05, 4.69) is 28.4 Å². The van der Waals surface area contributed by atoms with Crippen molar-refractivity contribution in [1.29, 1.82) is 0 Å². The third kappa shape index (κ3) is 2.40. The fraction of sp³-hybridized carbons (Fsp3) is 0.667. The summed E-state index contributed by atoms with van der Waals surface area (Å²) in [6, 6.07) is 7.09. The standard InChI is InChI=1S/C18H26N2/c1-2-4-8-18(7-3-1)13-20(14-18)12-15-5-6-16-10-19-11-17(16)9-15/h5-6,9,19H,1-4,7-8,10-14H2. The van der Waals surface area contributed by atoms with Crippen molar-refractivity contribution >= 4 is 0 Å². The van der Waals surface area contributed by atoms with Gasteiger partial charge in [-0.15, -0.1) is 0 Å². The number of fused-ring (bicyclic) bond motifs is 1. The molecule has 0 amide bonds. The van der Waals surface area contributed by atoms with Gasteiger partial charge in [0.15, 0.2) is 0 Å². The summed E-state index contributed by atoms with van der Waals surface area (Å²) >= 11 is 0. The number of nitrogens with zero attached hydrogens (tertiary/aromatic N) is 1. The van der Waals surface area contributed by atoms with Gasteiger partial charge < -0.3 is 5.32 Å². The van der Waals surface area contributed by atoms with Crippen molar-refractivity contribution in [3.63, 3.8) is 0 Å². The summed E-state index contributed by atoms with van der Waals surface area (Å²) in [6.07, 6.45) is 8.85. The second kappa shape index (κ2) is 5.16. The molecule has 0 unspecified atom stereocenters. The summed E-state index contributed by atoms with van der Waals surface area (Å²) in [5.74, 6) is 0. The zero-order valence-electron chi connectivity index (χ0n) is 12.5. The Bertz CT molecular complexity index is 478. The number of nitrogens with one attached hydrogen (secondary N) is 1. The summed E-state index contributed by atoms with van der Waals surface area (Å²) in [5, 5.41) is 3.44. The van der Waals surface area contributed by atoms with Crippen LogP contribution in [0.2, 0.25) is 0 Å². The van der Waals surface area contributed by atoms with Gasteiger partial charge in [0.05, 0.1) is 0 Å². The monoisotopic (exact) mass is 270 g/mol. The highest BCUT2D eigenvalue weighted by Gasteiger charge is 2.42. The molecule has 1 saturated carbocycles. The molecular weight excluding hydrogens is 244 g/mol. The van der Waals surface area contributed by atoms with Gasteiger partial charge in [-0.1, -0.05) is 43.9 Å². The van der Waals surface area contributed by atoms with Crippen LogP contribution in [0.15, 0.2) is 18.2 Å². The highest BCUT2D eigenvalue weighted by Crippen LogP contribution is 2.43. The Hall–Kier alpha value is -0.860. The predicted molar refractivity (Wildman–Crippen MR) is 82.4 cm³/mol. The number of rotatable bonds is 2. The van der Waals surface area contributed by atoms with Crippen molar-refractivity contribution in [1.82, 2.24) is 10.2 Å². The third-order valence-electron chi connectivity index (χ3n) is 5.59. The molecule has 1 aliphatic carbocycles. The number of benzene rings is 1. The molecule has 0 aromatic heterocycles. The van der Waals surface area contributed by atoms with Crippen LogP contribution in [-0.2, 0) is 19.6 Å². The summed E-state index contributed by atoms with van der Waals surface area (Å²) in [6.45, 7) is 5.98.